The van der Waals surface area contributed by atoms with Crippen LogP contribution in [0.4, 0.5) is 0 Å². The molecule has 3 rings (SSSR count). The van der Waals surface area contributed by atoms with Gasteiger partial charge in [0.05, 0.1) is 0 Å². The van der Waals surface area contributed by atoms with Crippen LogP contribution in [0.1, 0.15) is 20.3 Å². The summed E-state index contributed by atoms with van der Waals surface area (Å²) in [6, 6.07) is 22.3. The SMILES string of the molecule is CC(C)[PH](C1=CC=CC=CC1)(c1ccccc1)c1ccccc1. The topological polar surface area (TPSA) is 0 Å². The molecular formula is C22H25P. The van der Waals surface area contributed by atoms with Gasteiger partial charge in [0.1, 0.15) is 0 Å². The van der Waals surface area contributed by atoms with Gasteiger partial charge in [-0.05, 0) is 0 Å². The molecule has 0 radical (unpaired) electrons. The van der Waals surface area contributed by atoms with Crippen molar-refractivity contribution in [1.29, 1.82) is 0 Å². The van der Waals surface area contributed by atoms with E-state index < -0.39 is 7.26 Å². The summed E-state index contributed by atoms with van der Waals surface area (Å²) in [5, 5.41) is 4.61. The van der Waals surface area contributed by atoms with Gasteiger partial charge in [-0.3, -0.25) is 0 Å². The Hall–Kier alpha value is -1.91. The number of benzene rings is 2. The summed E-state index contributed by atoms with van der Waals surface area (Å²) in [4.78, 5) is 0. The van der Waals surface area contributed by atoms with Crippen molar-refractivity contribution < 1.29 is 0 Å². The van der Waals surface area contributed by atoms with E-state index >= 15 is 0 Å². The van der Waals surface area contributed by atoms with Crippen LogP contribution >= 0.6 is 7.26 Å². The van der Waals surface area contributed by atoms with Crippen molar-refractivity contribution in [2.24, 2.45) is 0 Å². The maximum atomic E-state index is 2.39. The van der Waals surface area contributed by atoms with Crippen molar-refractivity contribution in [3.63, 3.8) is 0 Å². The molecule has 2 aromatic rings. The molecule has 0 fully saturated rings. The summed E-state index contributed by atoms with van der Waals surface area (Å²) in [6.07, 6.45) is 12.2. The van der Waals surface area contributed by atoms with E-state index in [1.807, 2.05) is 0 Å². The molecule has 0 saturated carbocycles. The predicted octanol–water partition coefficient (Wildman–Crippen LogP) is 5.20. The van der Waals surface area contributed by atoms with Gasteiger partial charge in [0.2, 0.25) is 0 Å². The van der Waals surface area contributed by atoms with E-state index in [0.29, 0.717) is 5.66 Å². The van der Waals surface area contributed by atoms with Crippen molar-refractivity contribution in [2.45, 2.75) is 25.9 Å². The van der Waals surface area contributed by atoms with E-state index in [9.17, 15) is 0 Å². The Morgan fingerprint density at radius 2 is 1.30 bits per heavy atom. The number of rotatable bonds is 4. The summed E-state index contributed by atoms with van der Waals surface area (Å²) in [5.41, 5.74) is 0.596. The first kappa shape index (κ1) is 16.0. The zero-order chi connectivity index (χ0) is 16.1. The monoisotopic (exact) mass is 320 g/mol. The van der Waals surface area contributed by atoms with Crippen LogP contribution < -0.4 is 10.6 Å². The third-order valence-electron chi connectivity index (χ3n) is 4.82. The van der Waals surface area contributed by atoms with Gasteiger partial charge in [0.15, 0.2) is 0 Å². The quantitative estimate of drug-likeness (QED) is 0.680. The minimum atomic E-state index is -2.00. The third-order valence-corrected chi connectivity index (χ3v) is 10.4. The van der Waals surface area contributed by atoms with E-state index in [1.165, 1.54) is 10.6 Å². The summed E-state index contributed by atoms with van der Waals surface area (Å²) in [7, 11) is -2.00. The Kier molecular flexibility index (Phi) is 4.94. The fourth-order valence-electron chi connectivity index (χ4n) is 3.85. The van der Waals surface area contributed by atoms with E-state index in [2.05, 4.69) is 105 Å². The molecule has 2 aromatic carbocycles. The summed E-state index contributed by atoms with van der Waals surface area (Å²) in [5.74, 6) is 0. The van der Waals surface area contributed by atoms with Crippen molar-refractivity contribution in [1.82, 2.24) is 0 Å². The van der Waals surface area contributed by atoms with Crippen LogP contribution in [0.3, 0.4) is 0 Å². The molecule has 0 atom stereocenters. The number of hydrogen-bond acceptors (Lipinski definition) is 0. The van der Waals surface area contributed by atoms with Crippen LogP contribution in [0.15, 0.2) is 96.4 Å². The molecule has 0 bridgehead atoms. The average Bonchev–Trinajstić information content (AvgIpc) is 2.87. The Labute approximate surface area is 140 Å². The summed E-state index contributed by atoms with van der Waals surface area (Å²) in [6.45, 7) is 4.79. The fraction of sp³-hybridized carbons (Fsp3) is 0.182. The molecular weight excluding hydrogens is 295 g/mol. The van der Waals surface area contributed by atoms with E-state index in [1.54, 1.807) is 5.31 Å². The second-order valence-electron chi connectivity index (χ2n) is 6.40. The molecule has 1 heteroatoms. The first-order valence-electron chi connectivity index (χ1n) is 8.40. The molecule has 0 saturated heterocycles. The normalized spacial score (nSPS) is 15.3. The van der Waals surface area contributed by atoms with Gasteiger partial charge in [0.25, 0.3) is 0 Å². The zero-order valence-electron chi connectivity index (χ0n) is 13.9. The molecule has 1 aliphatic rings. The number of allylic oxidation sites excluding steroid dienone is 6. The van der Waals surface area contributed by atoms with E-state index in [0.717, 1.165) is 6.42 Å². The molecule has 0 heterocycles. The average molecular weight is 320 g/mol. The molecule has 118 valence electrons. The van der Waals surface area contributed by atoms with Crippen molar-refractivity contribution in [2.75, 3.05) is 0 Å². The molecule has 0 nitrogen and oxygen atoms in total. The zero-order valence-corrected chi connectivity index (χ0v) is 14.9. The molecule has 0 amide bonds. The van der Waals surface area contributed by atoms with Crippen LogP contribution in [0.5, 0.6) is 0 Å². The molecule has 0 N–H and O–H groups in total. The second-order valence-corrected chi connectivity index (χ2v) is 11.0. The molecule has 0 aliphatic heterocycles. The fourth-order valence-corrected chi connectivity index (χ4v) is 9.23. The molecule has 0 aromatic heterocycles. The summed E-state index contributed by atoms with van der Waals surface area (Å²) < 4.78 is 0. The maximum absolute atomic E-state index is 2.39. The Morgan fingerprint density at radius 3 is 1.83 bits per heavy atom. The molecule has 0 unspecified atom stereocenters. The van der Waals surface area contributed by atoms with Gasteiger partial charge in [-0.15, -0.1) is 0 Å². The molecule has 1 aliphatic carbocycles. The van der Waals surface area contributed by atoms with Crippen LogP contribution in [0.25, 0.3) is 0 Å². The van der Waals surface area contributed by atoms with Crippen LogP contribution in [0, 0.1) is 0 Å². The van der Waals surface area contributed by atoms with Gasteiger partial charge in [-0.1, -0.05) is 0 Å². The van der Waals surface area contributed by atoms with Crippen molar-refractivity contribution in [3.8, 4) is 0 Å². The van der Waals surface area contributed by atoms with E-state index in [4.69, 9.17) is 0 Å². The van der Waals surface area contributed by atoms with Gasteiger partial charge in [-0.2, -0.15) is 0 Å². The van der Waals surface area contributed by atoms with Crippen molar-refractivity contribution in [3.05, 3.63) is 96.4 Å². The summed E-state index contributed by atoms with van der Waals surface area (Å²) >= 11 is 0. The van der Waals surface area contributed by atoms with Gasteiger partial charge in [-0.25, -0.2) is 0 Å². The minimum absolute atomic E-state index is 0.596. The molecule has 23 heavy (non-hydrogen) atoms. The molecule has 0 spiro atoms. The third kappa shape index (κ3) is 2.96. The van der Waals surface area contributed by atoms with Gasteiger partial charge in [0, 0.05) is 0 Å². The first-order valence-corrected chi connectivity index (χ1v) is 10.5. The predicted molar refractivity (Wildman–Crippen MR) is 107 cm³/mol. The Bertz CT molecular complexity index is 682. The standard InChI is InChI=1S/C22H25P/c1-19(2)23(21-15-9-5-10-16-21,22-17-11-6-12-18-22)20-13-7-3-4-8-14-20/h3-13,15-19,23H,14H2,1-2H3. The Balaban J connectivity index is 2.29. The van der Waals surface area contributed by atoms with Gasteiger partial charge < -0.3 is 0 Å². The number of hydrogen-bond donors (Lipinski definition) is 0. The van der Waals surface area contributed by atoms with Crippen molar-refractivity contribution >= 4 is 17.9 Å². The van der Waals surface area contributed by atoms with Crippen LogP contribution in [-0.4, -0.2) is 5.66 Å². The van der Waals surface area contributed by atoms with Crippen LogP contribution in [-0.2, 0) is 0 Å². The van der Waals surface area contributed by atoms with Crippen LogP contribution in [0.2, 0.25) is 0 Å². The first-order chi connectivity index (χ1) is 11.3. The Morgan fingerprint density at radius 1 is 0.739 bits per heavy atom. The second kappa shape index (κ2) is 7.11. The van der Waals surface area contributed by atoms with Gasteiger partial charge >= 0.3 is 140 Å². The van der Waals surface area contributed by atoms with E-state index in [-0.39, 0.29) is 0 Å².